The molecular formula is C13H19F3N2O2. The summed E-state index contributed by atoms with van der Waals surface area (Å²) in [5.74, 6) is 0.511. The van der Waals surface area contributed by atoms with Gasteiger partial charge in [-0.25, -0.2) is 0 Å². The number of halogens is 3. The van der Waals surface area contributed by atoms with E-state index in [1.54, 1.807) is 31.2 Å². The molecule has 0 aromatic heterocycles. The molecule has 0 heterocycles. The average molecular weight is 292 g/mol. The van der Waals surface area contributed by atoms with E-state index < -0.39 is 18.8 Å². The third-order valence-corrected chi connectivity index (χ3v) is 2.64. The molecule has 0 aliphatic carbocycles. The van der Waals surface area contributed by atoms with Gasteiger partial charge in [0.15, 0.2) is 0 Å². The highest BCUT2D eigenvalue weighted by atomic mass is 19.4. The van der Waals surface area contributed by atoms with E-state index in [4.69, 9.17) is 10.5 Å². The lowest BCUT2D eigenvalue weighted by atomic mass is 10.3. The number of alkyl halides is 3. The van der Waals surface area contributed by atoms with Gasteiger partial charge in [-0.1, -0.05) is 6.92 Å². The van der Waals surface area contributed by atoms with Crippen molar-refractivity contribution in [3.05, 3.63) is 24.3 Å². The van der Waals surface area contributed by atoms with Crippen LogP contribution in [0.15, 0.2) is 24.3 Å². The highest BCUT2D eigenvalue weighted by Crippen LogP contribution is 2.17. The minimum absolute atomic E-state index is 0.0712. The third kappa shape index (κ3) is 6.63. The standard InChI is InChI=1S/C13H19F3N2O2/c1-2-18(9-13(14,15)16)7-11(19)8-20-12-5-3-10(17)4-6-12/h3-6,11,19H,2,7-9,17H2,1H3. The van der Waals surface area contributed by atoms with Gasteiger partial charge in [-0.05, 0) is 30.8 Å². The van der Waals surface area contributed by atoms with Crippen molar-refractivity contribution >= 4 is 5.69 Å². The van der Waals surface area contributed by atoms with Crippen LogP contribution in [0.2, 0.25) is 0 Å². The smallest absolute Gasteiger partial charge is 0.401 e. The zero-order valence-corrected chi connectivity index (χ0v) is 11.2. The fourth-order valence-electron chi connectivity index (χ4n) is 1.67. The maximum absolute atomic E-state index is 12.3. The molecule has 3 N–H and O–H groups in total. The molecule has 0 aliphatic rings. The number of ether oxygens (including phenoxy) is 1. The second-order valence-corrected chi connectivity index (χ2v) is 4.48. The first-order chi connectivity index (χ1) is 9.30. The molecule has 1 aromatic rings. The van der Waals surface area contributed by atoms with Gasteiger partial charge in [0, 0.05) is 12.2 Å². The average Bonchev–Trinajstić information content (AvgIpc) is 2.35. The van der Waals surface area contributed by atoms with Crippen LogP contribution in [0, 0.1) is 0 Å². The van der Waals surface area contributed by atoms with E-state index in [-0.39, 0.29) is 19.7 Å². The Bertz CT molecular complexity index is 396. The molecule has 0 saturated heterocycles. The topological polar surface area (TPSA) is 58.7 Å². The van der Waals surface area contributed by atoms with Gasteiger partial charge < -0.3 is 15.6 Å². The first-order valence-corrected chi connectivity index (χ1v) is 6.25. The minimum Gasteiger partial charge on any atom is -0.491 e. The molecule has 7 heteroatoms. The molecule has 0 fully saturated rings. The highest BCUT2D eigenvalue weighted by Gasteiger charge is 2.30. The Hall–Kier alpha value is -1.47. The predicted molar refractivity (Wildman–Crippen MR) is 70.5 cm³/mol. The molecule has 0 spiro atoms. The van der Waals surface area contributed by atoms with Crippen LogP contribution in [-0.4, -0.2) is 48.5 Å². The molecular weight excluding hydrogens is 273 g/mol. The number of nitrogen functional groups attached to an aromatic ring is 1. The fraction of sp³-hybridized carbons (Fsp3) is 0.538. The van der Waals surface area contributed by atoms with Crippen molar-refractivity contribution in [2.24, 2.45) is 0 Å². The van der Waals surface area contributed by atoms with E-state index in [1.165, 1.54) is 0 Å². The molecule has 1 rings (SSSR count). The van der Waals surface area contributed by atoms with Crippen LogP contribution >= 0.6 is 0 Å². The third-order valence-electron chi connectivity index (χ3n) is 2.64. The van der Waals surface area contributed by atoms with Gasteiger partial charge in [0.2, 0.25) is 0 Å². The van der Waals surface area contributed by atoms with Gasteiger partial charge in [0.05, 0.1) is 6.54 Å². The summed E-state index contributed by atoms with van der Waals surface area (Å²) in [4.78, 5) is 1.12. The van der Waals surface area contributed by atoms with E-state index in [1.807, 2.05) is 0 Å². The maximum atomic E-state index is 12.3. The molecule has 20 heavy (non-hydrogen) atoms. The summed E-state index contributed by atoms with van der Waals surface area (Å²) in [7, 11) is 0. The summed E-state index contributed by atoms with van der Waals surface area (Å²) >= 11 is 0. The normalized spacial score (nSPS) is 13.5. The monoisotopic (exact) mass is 292 g/mol. The Kier molecular flexibility index (Phi) is 6.09. The molecule has 0 aliphatic heterocycles. The van der Waals surface area contributed by atoms with Crippen LogP contribution in [-0.2, 0) is 0 Å². The minimum atomic E-state index is -4.27. The second kappa shape index (κ2) is 7.35. The second-order valence-electron chi connectivity index (χ2n) is 4.48. The summed E-state index contributed by atoms with van der Waals surface area (Å²) in [6.45, 7) is 0.615. The van der Waals surface area contributed by atoms with Crippen LogP contribution in [0.5, 0.6) is 5.75 Å². The lowest BCUT2D eigenvalue weighted by Crippen LogP contribution is -2.40. The van der Waals surface area contributed by atoms with E-state index in [0.717, 1.165) is 4.90 Å². The molecule has 0 bridgehead atoms. The number of anilines is 1. The molecule has 1 unspecified atom stereocenters. The zero-order chi connectivity index (χ0) is 15.2. The van der Waals surface area contributed by atoms with Gasteiger partial charge >= 0.3 is 6.18 Å². The van der Waals surface area contributed by atoms with Crippen molar-refractivity contribution in [2.75, 3.05) is 32.0 Å². The fourth-order valence-corrected chi connectivity index (χ4v) is 1.67. The quantitative estimate of drug-likeness (QED) is 0.754. The SMILES string of the molecule is CCN(CC(O)COc1ccc(N)cc1)CC(F)(F)F. The molecule has 0 radical (unpaired) electrons. The van der Waals surface area contributed by atoms with Crippen molar-refractivity contribution < 1.29 is 23.0 Å². The summed E-state index contributed by atoms with van der Waals surface area (Å²) < 4.78 is 42.1. The summed E-state index contributed by atoms with van der Waals surface area (Å²) in [5.41, 5.74) is 6.09. The zero-order valence-electron chi connectivity index (χ0n) is 11.2. The number of hydrogen-bond donors (Lipinski definition) is 2. The molecule has 0 amide bonds. The van der Waals surface area contributed by atoms with E-state index in [2.05, 4.69) is 0 Å². The summed E-state index contributed by atoms with van der Waals surface area (Å²) in [5, 5.41) is 9.70. The van der Waals surface area contributed by atoms with E-state index in [9.17, 15) is 18.3 Å². The largest absolute Gasteiger partial charge is 0.491 e. The molecule has 1 aromatic carbocycles. The van der Waals surface area contributed by atoms with Gasteiger partial charge in [0.25, 0.3) is 0 Å². The molecule has 114 valence electrons. The Morgan fingerprint density at radius 3 is 2.40 bits per heavy atom. The molecule has 4 nitrogen and oxygen atoms in total. The summed E-state index contributed by atoms with van der Waals surface area (Å²) in [6, 6.07) is 6.55. The first-order valence-electron chi connectivity index (χ1n) is 6.25. The number of rotatable bonds is 7. The van der Waals surface area contributed by atoms with Crippen molar-refractivity contribution in [3.8, 4) is 5.75 Å². The number of nitrogens with zero attached hydrogens (tertiary/aromatic N) is 1. The van der Waals surface area contributed by atoms with Gasteiger partial charge in [-0.15, -0.1) is 0 Å². The first kappa shape index (κ1) is 16.6. The highest BCUT2D eigenvalue weighted by molar-refractivity contribution is 5.41. The van der Waals surface area contributed by atoms with Crippen LogP contribution < -0.4 is 10.5 Å². The number of likely N-dealkylation sites (N-methyl/N-ethyl adjacent to an activating group) is 1. The van der Waals surface area contributed by atoms with Crippen molar-refractivity contribution in [1.82, 2.24) is 4.90 Å². The number of aliphatic hydroxyl groups excluding tert-OH is 1. The number of nitrogens with two attached hydrogens (primary N) is 1. The Labute approximate surface area is 115 Å². The molecule has 1 atom stereocenters. The van der Waals surface area contributed by atoms with Crippen molar-refractivity contribution in [1.29, 1.82) is 0 Å². The summed E-state index contributed by atoms with van der Waals surface area (Å²) in [6.07, 6.45) is -5.26. The van der Waals surface area contributed by atoms with Crippen molar-refractivity contribution in [3.63, 3.8) is 0 Å². The van der Waals surface area contributed by atoms with Crippen molar-refractivity contribution in [2.45, 2.75) is 19.2 Å². The van der Waals surface area contributed by atoms with Gasteiger partial charge in [-0.3, -0.25) is 4.90 Å². The number of hydrogen-bond acceptors (Lipinski definition) is 4. The van der Waals surface area contributed by atoms with E-state index >= 15 is 0 Å². The number of aliphatic hydroxyl groups is 1. The van der Waals surface area contributed by atoms with Crippen LogP contribution in [0.25, 0.3) is 0 Å². The number of benzene rings is 1. The van der Waals surface area contributed by atoms with E-state index in [0.29, 0.717) is 11.4 Å². The Morgan fingerprint density at radius 2 is 1.90 bits per heavy atom. The van der Waals surface area contributed by atoms with Crippen LogP contribution in [0.3, 0.4) is 0 Å². The maximum Gasteiger partial charge on any atom is 0.401 e. The lowest BCUT2D eigenvalue weighted by molar-refractivity contribution is -0.148. The van der Waals surface area contributed by atoms with Gasteiger partial charge in [-0.2, -0.15) is 13.2 Å². The molecule has 0 saturated carbocycles. The Balaban J connectivity index is 2.38. The Morgan fingerprint density at radius 1 is 1.30 bits per heavy atom. The van der Waals surface area contributed by atoms with Crippen LogP contribution in [0.4, 0.5) is 18.9 Å². The lowest BCUT2D eigenvalue weighted by Gasteiger charge is -2.24. The van der Waals surface area contributed by atoms with Gasteiger partial charge in [0.1, 0.15) is 18.5 Å². The predicted octanol–water partition coefficient (Wildman–Crippen LogP) is 1.89. The van der Waals surface area contributed by atoms with Crippen LogP contribution in [0.1, 0.15) is 6.92 Å².